The summed E-state index contributed by atoms with van der Waals surface area (Å²) in [4.78, 5) is 19.3. The Bertz CT molecular complexity index is 431. The summed E-state index contributed by atoms with van der Waals surface area (Å²) in [6.07, 6.45) is 1.58. The number of carbonyl (C=O) groups excluding carboxylic acids is 1. The van der Waals surface area contributed by atoms with E-state index in [0.717, 1.165) is 18.9 Å². The van der Waals surface area contributed by atoms with Crippen LogP contribution in [0.1, 0.15) is 6.92 Å². The Morgan fingerprint density at radius 1 is 1.29 bits per heavy atom. The highest BCUT2D eigenvalue weighted by Gasteiger charge is 2.21. The SMILES string of the molecule is CC(=O)N1CCN(c2ncc(Cl)cc2Cl)CC1. The van der Waals surface area contributed by atoms with Crippen molar-refractivity contribution in [2.45, 2.75) is 6.92 Å². The molecule has 6 heteroatoms. The van der Waals surface area contributed by atoms with Crippen molar-refractivity contribution in [2.24, 2.45) is 0 Å². The number of hydrogen-bond acceptors (Lipinski definition) is 3. The molecule has 1 saturated heterocycles. The van der Waals surface area contributed by atoms with Gasteiger partial charge in [0.1, 0.15) is 5.82 Å². The van der Waals surface area contributed by atoms with Crippen molar-refractivity contribution in [1.29, 1.82) is 0 Å². The van der Waals surface area contributed by atoms with Crippen LogP contribution in [0.4, 0.5) is 5.82 Å². The third-order valence-electron chi connectivity index (χ3n) is 2.81. The van der Waals surface area contributed by atoms with Crippen LogP contribution in [-0.4, -0.2) is 42.0 Å². The van der Waals surface area contributed by atoms with E-state index in [1.54, 1.807) is 19.2 Å². The summed E-state index contributed by atoms with van der Waals surface area (Å²) < 4.78 is 0. The van der Waals surface area contributed by atoms with Crippen molar-refractivity contribution >= 4 is 34.9 Å². The van der Waals surface area contributed by atoms with E-state index < -0.39 is 0 Å². The molecule has 1 aromatic rings. The first-order chi connectivity index (χ1) is 8.08. The first kappa shape index (κ1) is 12.5. The second kappa shape index (κ2) is 5.10. The molecule has 0 aliphatic carbocycles. The van der Waals surface area contributed by atoms with E-state index in [9.17, 15) is 4.79 Å². The molecule has 92 valence electrons. The zero-order valence-electron chi connectivity index (χ0n) is 9.49. The molecule has 2 rings (SSSR count). The number of rotatable bonds is 1. The fraction of sp³-hybridized carbons (Fsp3) is 0.455. The van der Waals surface area contributed by atoms with Gasteiger partial charge in [0.15, 0.2) is 0 Å². The van der Waals surface area contributed by atoms with Crippen molar-refractivity contribution in [3.05, 3.63) is 22.3 Å². The van der Waals surface area contributed by atoms with Gasteiger partial charge >= 0.3 is 0 Å². The van der Waals surface area contributed by atoms with E-state index in [2.05, 4.69) is 9.88 Å². The molecule has 0 aromatic carbocycles. The van der Waals surface area contributed by atoms with E-state index in [1.807, 2.05) is 4.90 Å². The normalized spacial score (nSPS) is 16.2. The molecule has 0 atom stereocenters. The fourth-order valence-electron chi connectivity index (χ4n) is 1.87. The van der Waals surface area contributed by atoms with Crippen molar-refractivity contribution < 1.29 is 4.79 Å². The zero-order chi connectivity index (χ0) is 12.4. The molecule has 0 spiro atoms. The molecule has 1 fully saturated rings. The summed E-state index contributed by atoms with van der Waals surface area (Å²) in [5.41, 5.74) is 0. The monoisotopic (exact) mass is 273 g/mol. The third kappa shape index (κ3) is 2.82. The number of piperazine rings is 1. The van der Waals surface area contributed by atoms with Crippen LogP contribution in [0.3, 0.4) is 0 Å². The number of halogens is 2. The van der Waals surface area contributed by atoms with Crippen molar-refractivity contribution in [3.63, 3.8) is 0 Å². The molecule has 4 nitrogen and oxygen atoms in total. The number of pyridine rings is 1. The maximum Gasteiger partial charge on any atom is 0.219 e. The smallest absolute Gasteiger partial charge is 0.219 e. The number of carbonyl (C=O) groups is 1. The predicted molar refractivity (Wildman–Crippen MR) is 68.7 cm³/mol. The lowest BCUT2D eigenvalue weighted by Crippen LogP contribution is -2.48. The summed E-state index contributed by atoms with van der Waals surface area (Å²) in [5, 5.41) is 1.08. The number of hydrogen-bond donors (Lipinski definition) is 0. The molecule has 0 bridgehead atoms. The van der Waals surface area contributed by atoms with Crippen LogP contribution in [0.25, 0.3) is 0 Å². The molecule has 17 heavy (non-hydrogen) atoms. The van der Waals surface area contributed by atoms with Gasteiger partial charge in [-0.05, 0) is 6.07 Å². The van der Waals surface area contributed by atoms with Gasteiger partial charge in [-0.2, -0.15) is 0 Å². The predicted octanol–water partition coefficient (Wildman–Crippen LogP) is 2.06. The van der Waals surface area contributed by atoms with Crippen LogP contribution in [0.5, 0.6) is 0 Å². The van der Waals surface area contributed by atoms with Crippen LogP contribution in [-0.2, 0) is 4.79 Å². The van der Waals surface area contributed by atoms with Crippen LogP contribution in [0.2, 0.25) is 10.0 Å². The van der Waals surface area contributed by atoms with E-state index in [0.29, 0.717) is 23.1 Å². The molecule has 0 N–H and O–H groups in total. The first-order valence-corrected chi connectivity index (χ1v) is 6.15. The van der Waals surface area contributed by atoms with Crippen molar-refractivity contribution in [2.75, 3.05) is 31.1 Å². The largest absolute Gasteiger partial charge is 0.352 e. The molecule has 0 saturated carbocycles. The zero-order valence-corrected chi connectivity index (χ0v) is 11.0. The lowest BCUT2D eigenvalue weighted by Gasteiger charge is -2.35. The molecule has 1 aliphatic rings. The summed E-state index contributed by atoms with van der Waals surface area (Å²) in [6.45, 7) is 4.48. The minimum Gasteiger partial charge on any atom is -0.352 e. The standard InChI is InChI=1S/C11H13Cl2N3O/c1-8(17)15-2-4-16(5-3-15)11-10(13)6-9(12)7-14-11/h6-7H,2-5H2,1H3. The maximum absolute atomic E-state index is 11.2. The van der Waals surface area contributed by atoms with Gasteiger partial charge in [0.25, 0.3) is 0 Å². The maximum atomic E-state index is 11.2. The highest BCUT2D eigenvalue weighted by atomic mass is 35.5. The Morgan fingerprint density at radius 3 is 2.47 bits per heavy atom. The Hall–Kier alpha value is -1.000. The van der Waals surface area contributed by atoms with Gasteiger partial charge in [0.05, 0.1) is 10.0 Å². The Morgan fingerprint density at radius 2 is 1.94 bits per heavy atom. The summed E-state index contributed by atoms with van der Waals surface area (Å²) in [7, 11) is 0. The van der Waals surface area contributed by atoms with Gasteiger partial charge in [-0.3, -0.25) is 4.79 Å². The Labute approximate surface area is 110 Å². The van der Waals surface area contributed by atoms with Gasteiger partial charge in [0, 0.05) is 39.3 Å². The number of amides is 1. The number of anilines is 1. The molecule has 2 heterocycles. The van der Waals surface area contributed by atoms with E-state index in [4.69, 9.17) is 23.2 Å². The van der Waals surface area contributed by atoms with Crippen LogP contribution in [0.15, 0.2) is 12.3 Å². The minimum absolute atomic E-state index is 0.111. The number of nitrogens with zero attached hydrogens (tertiary/aromatic N) is 3. The van der Waals surface area contributed by atoms with E-state index in [1.165, 1.54) is 0 Å². The number of aromatic nitrogens is 1. The lowest BCUT2D eigenvalue weighted by molar-refractivity contribution is -0.129. The molecular formula is C11H13Cl2N3O. The molecule has 1 aromatic heterocycles. The van der Waals surface area contributed by atoms with Crippen molar-refractivity contribution in [1.82, 2.24) is 9.88 Å². The Balaban J connectivity index is 2.08. The summed E-state index contributed by atoms with van der Waals surface area (Å²) in [5.74, 6) is 0.846. The highest BCUT2D eigenvalue weighted by Crippen LogP contribution is 2.26. The van der Waals surface area contributed by atoms with Gasteiger partial charge < -0.3 is 9.80 Å². The first-order valence-electron chi connectivity index (χ1n) is 5.39. The van der Waals surface area contributed by atoms with Gasteiger partial charge in [0.2, 0.25) is 5.91 Å². The molecule has 0 radical (unpaired) electrons. The second-order valence-corrected chi connectivity index (χ2v) is 4.80. The van der Waals surface area contributed by atoms with Crippen molar-refractivity contribution in [3.8, 4) is 0 Å². The average molecular weight is 274 g/mol. The quantitative estimate of drug-likeness (QED) is 0.786. The summed E-state index contributed by atoms with van der Waals surface area (Å²) in [6, 6.07) is 1.68. The van der Waals surface area contributed by atoms with Gasteiger partial charge in [-0.1, -0.05) is 23.2 Å². The fourth-order valence-corrected chi connectivity index (χ4v) is 2.37. The molecule has 0 unspecified atom stereocenters. The van der Waals surface area contributed by atoms with Gasteiger partial charge in [-0.15, -0.1) is 0 Å². The second-order valence-electron chi connectivity index (χ2n) is 3.95. The molecule has 1 amide bonds. The molecular weight excluding hydrogens is 261 g/mol. The van der Waals surface area contributed by atoms with E-state index >= 15 is 0 Å². The topological polar surface area (TPSA) is 36.4 Å². The summed E-state index contributed by atoms with van der Waals surface area (Å²) >= 11 is 11.9. The third-order valence-corrected chi connectivity index (χ3v) is 3.30. The van der Waals surface area contributed by atoms with E-state index in [-0.39, 0.29) is 5.91 Å². The highest BCUT2D eigenvalue weighted by molar-refractivity contribution is 6.36. The van der Waals surface area contributed by atoms with Crippen LogP contribution in [0, 0.1) is 0 Å². The van der Waals surface area contributed by atoms with Crippen LogP contribution < -0.4 is 4.90 Å². The minimum atomic E-state index is 0.111. The van der Waals surface area contributed by atoms with Gasteiger partial charge in [-0.25, -0.2) is 4.98 Å². The van der Waals surface area contributed by atoms with Crippen LogP contribution >= 0.6 is 23.2 Å². The Kier molecular flexibility index (Phi) is 3.74. The lowest BCUT2D eigenvalue weighted by atomic mass is 10.3. The molecule has 1 aliphatic heterocycles. The average Bonchev–Trinajstić information content (AvgIpc) is 2.29.